The first-order valence-electron chi connectivity index (χ1n) is 21.5. The Morgan fingerprint density at radius 2 is 1.30 bits per heavy atom. The summed E-state index contributed by atoms with van der Waals surface area (Å²) in [6.07, 6.45) is 1.78. The van der Waals surface area contributed by atoms with Crippen LogP contribution in [-0.4, -0.2) is 19.6 Å². The molecule has 0 radical (unpaired) electrons. The molecule has 298 valence electrons. The quantitative estimate of drug-likeness (QED) is 0.162. The largest absolute Gasteiger partial charge is 0.507 e. The van der Waals surface area contributed by atoms with Gasteiger partial charge in [-0.2, -0.15) is 0 Å². The summed E-state index contributed by atoms with van der Waals surface area (Å²) in [5.74, 6) is 0.830. The number of rotatable bonds is 7. The summed E-state index contributed by atoms with van der Waals surface area (Å²) >= 11 is 0. The van der Waals surface area contributed by atoms with E-state index in [9.17, 15) is 5.11 Å². The Morgan fingerprint density at radius 3 is 2.02 bits per heavy atom. The zero-order valence-electron chi connectivity index (χ0n) is 37.2. The molecule has 0 aliphatic rings. The van der Waals surface area contributed by atoms with Gasteiger partial charge < -0.3 is 5.11 Å². The molecule has 0 bridgehead atoms. The molecule has 9 aromatic rings. The molecule has 0 aliphatic carbocycles. The van der Waals surface area contributed by atoms with Crippen molar-refractivity contribution in [1.82, 2.24) is 14.5 Å². The van der Waals surface area contributed by atoms with Gasteiger partial charge in [-0.25, -0.2) is 4.98 Å². The maximum absolute atomic E-state index is 11.8. The predicted molar refractivity (Wildman–Crippen MR) is 245 cm³/mol. The molecule has 0 aliphatic heterocycles. The fourth-order valence-electron chi connectivity index (χ4n) is 7.99. The third-order valence-corrected chi connectivity index (χ3v) is 11.1. The normalized spacial score (nSPS) is 12.4. The van der Waals surface area contributed by atoms with Crippen LogP contribution in [-0.2, 0) is 26.5 Å². The minimum absolute atomic E-state index is 0. The van der Waals surface area contributed by atoms with Gasteiger partial charge in [-0.15, -0.1) is 23.8 Å². The summed E-state index contributed by atoms with van der Waals surface area (Å²) in [4.78, 5) is 10.3. The van der Waals surface area contributed by atoms with Crippen LogP contribution in [0.25, 0.3) is 83.9 Å². The van der Waals surface area contributed by atoms with E-state index in [1.165, 1.54) is 5.56 Å². The van der Waals surface area contributed by atoms with Crippen molar-refractivity contribution < 1.29 is 30.3 Å². The maximum atomic E-state index is 11.8. The third-order valence-electron chi connectivity index (χ3n) is 11.1. The van der Waals surface area contributed by atoms with Gasteiger partial charge in [0.05, 0.1) is 22.3 Å². The molecule has 0 saturated heterocycles. The minimum Gasteiger partial charge on any atom is -0.507 e. The minimum atomic E-state index is -2.18. The first-order chi connectivity index (χ1) is 29.7. The van der Waals surface area contributed by atoms with Crippen LogP contribution in [0.5, 0.6) is 5.75 Å². The van der Waals surface area contributed by atoms with Gasteiger partial charge in [-0.1, -0.05) is 158 Å². The Labute approximate surface area is 371 Å². The Morgan fingerprint density at radius 1 is 0.600 bits per heavy atom. The predicted octanol–water partition coefficient (Wildman–Crippen LogP) is 14.1. The molecular weight excluding hydrogens is 914 g/mol. The van der Waals surface area contributed by atoms with Crippen molar-refractivity contribution >= 4 is 11.0 Å². The summed E-state index contributed by atoms with van der Waals surface area (Å²) in [6.45, 7) is 8.49. The number of nitrogens with zero attached hydrogens (tertiary/aromatic N) is 3. The molecule has 0 fully saturated rings. The van der Waals surface area contributed by atoms with Gasteiger partial charge in [0.15, 0.2) is 0 Å². The van der Waals surface area contributed by atoms with Crippen LogP contribution in [0.1, 0.15) is 47.1 Å². The van der Waals surface area contributed by atoms with Crippen molar-refractivity contribution in [3.8, 4) is 78.6 Å². The van der Waals surface area contributed by atoms with Crippen molar-refractivity contribution in [3.63, 3.8) is 0 Å². The molecule has 0 spiro atoms. The molecule has 7 aromatic carbocycles. The Hall–Kier alpha value is -6.35. The number of imidazole rings is 1. The zero-order valence-corrected chi connectivity index (χ0v) is 36.5. The van der Waals surface area contributed by atoms with Crippen LogP contribution >= 0.6 is 0 Å². The first-order valence-corrected chi connectivity index (χ1v) is 20.0. The van der Waals surface area contributed by atoms with Gasteiger partial charge in [0.1, 0.15) is 11.6 Å². The molecule has 0 amide bonds. The standard InChI is InChI=1S/C55H46N3O.Pt/c1-35-20-22-39(23-21-35)41-26-27-56-49(33-41)44-31-42(38-14-9-7-10-15-38)30-43(32-44)46-18-13-19-51-52(46)57-54(48-29-36(2)28-37(3)53(48)59)58(51)50-25-24-45(55(4,5)6)34-47(50)40-16-11-8-12-17-40;/h7-31,33-34,59H,1-6H3;/q-1;/i1D3;. The van der Waals surface area contributed by atoms with E-state index in [4.69, 9.17) is 14.1 Å². The van der Waals surface area contributed by atoms with Crippen LogP contribution in [0.15, 0.2) is 164 Å². The Bertz CT molecular complexity index is 3120. The average Bonchev–Trinajstić information content (AvgIpc) is 3.67. The molecule has 60 heavy (non-hydrogen) atoms. The van der Waals surface area contributed by atoms with Gasteiger partial charge in [-0.3, -0.25) is 9.55 Å². The number of aromatic hydroxyl groups is 1. The van der Waals surface area contributed by atoms with E-state index in [1.54, 1.807) is 18.3 Å². The van der Waals surface area contributed by atoms with Gasteiger partial charge in [-0.05, 0) is 95.4 Å². The fourth-order valence-corrected chi connectivity index (χ4v) is 7.99. The van der Waals surface area contributed by atoms with E-state index in [2.05, 4.69) is 116 Å². The number of hydrogen-bond donors (Lipinski definition) is 1. The number of phenolic OH excluding ortho intramolecular Hbond substituents is 1. The number of fused-ring (bicyclic) bond motifs is 1. The summed E-state index contributed by atoms with van der Waals surface area (Å²) in [7, 11) is 0. The fraction of sp³-hybridized carbons (Fsp3) is 0.127. The van der Waals surface area contributed by atoms with Crippen LogP contribution in [0, 0.1) is 26.8 Å². The van der Waals surface area contributed by atoms with E-state index >= 15 is 0 Å². The van der Waals surface area contributed by atoms with Crippen molar-refractivity contribution in [2.45, 2.75) is 46.9 Å². The second-order valence-electron chi connectivity index (χ2n) is 16.3. The Kier molecular flexibility index (Phi) is 10.0. The first kappa shape index (κ1) is 36.7. The van der Waals surface area contributed by atoms with E-state index in [0.717, 1.165) is 83.6 Å². The second-order valence-corrected chi connectivity index (χ2v) is 16.3. The molecular formula is C55H46N3OPt-. The number of aromatic nitrogens is 3. The Balaban J connectivity index is 0.00000544. The van der Waals surface area contributed by atoms with Crippen LogP contribution < -0.4 is 0 Å². The molecule has 0 saturated carbocycles. The second kappa shape index (κ2) is 16.4. The monoisotopic (exact) mass is 962 g/mol. The zero-order chi connectivity index (χ0) is 43.3. The van der Waals surface area contributed by atoms with Crippen LogP contribution in [0.2, 0.25) is 0 Å². The summed E-state index contributed by atoms with van der Waals surface area (Å²) in [5.41, 5.74) is 15.7. The van der Waals surface area contributed by atoms with Crippen LogP contribution in [0.3, 0.4) is 0 Å². The smallest absolute Gasteiger partial charge is 0.148 e. The molecule has 9 rings (SSSR count). The molecule has 0 unspecified atom stereocenters. The number of aryl methyl sites for hydroxylation is 3. The van der Waals surface area contributed by atoms with Crippen molar-refractivity contribution in [3.05, 3.63) is 192 Å². The average molecular weight is 963 g/mol. The molecule has 4 nitrogen and oxygen atoms in total. The van der Waals surface area contributed by atoms with E-state index in [0.29, 0.717) is 17.0 Å². The topological polar surface area (TPSA) is 50.9 Å². The third kappa shape index (κ3) is 7.76. The molecule has 5 heteroatoms. The van der Waals surface area contributed by atoms with Crippen molar-refractivity contribution in [2.24, 2.45) is 0 Å². The SMILES string of the molecule is [2H]C([2H])([2H])c1ccc(-c2ccnc(-c3[c-]c(-c4cccc5c4nc(-c4cc(C)cc(C)c4O)n5-c4ccc(C(C)(C)C)cc4-c4ccccc4)cc(-c4ccccc4)c3)c2)cc1.[Pt]. The van der Waals surface area contributed by atoms with Crippen LogP contribution in [0.4, 0.5) is 0 Å². The maximum Gasteiger partial charge on any atom is 0.148 e. The number of para-hydroxylation sites is 1. The molecule has 1 N–H and O–H groups in total. The van der Waals surface area contributed by atoms with E-state index in [-0.39, 0.29) is 32.2 Å². The van der Waals surface area contributed by atoms with E-state index in [1.807, 2.05) is 74.5 Å². The van der Waals surface area contributed by atoms with Gasteiger partial charge in [0.2, 0.25) is 0 Å². The van der Waals surface area contributed by atoms with Gasteiger partial charge in [0.25, 0.3) is 0 Å². The molecule has 2 heterocycles. The number of pyridine rings is 1. The van der Waals surface area contributed by atoms with Gasteiger partial charge in [0, 0.05) is 42.6 Å². The van der Waals surface area contributed by atoms with Crippen molar-refractivity contribution in [2.75, 3.05) is 0 Å². The molecule has 2 aromatic heterocycles. The van der Waals surface area contributed by atoms with Gasteiger partial charge >= 0.3 is 0 Å². The number of hydrogen-bond acceptors (Lipinski definition) is 3. The number of phenols is 1. The van der Waals surface area contributed by atoms with E-state index < -0.39 is 6.85 Å². The summed E-state index contributed by atoms with van der Waals surface area (Å²) in [6, 6.07) is 56.7. The molecule has 0 atom stereocenters. The van der Waals surface area contributed by atoms with Crippen molar-refractivity contribution in [1.29, 1.82) is 0 Å². The summed E-state index contributed by atoms with van der Waals surface area (Å²) in [5, 5.41) is 11.8. The summed E-state index contributed by atoms with van der Waals surface area (Å²) < 4.78 is 25.7. The number of benzene rings is 7.